The van der Waals surface area contributed by atoms with Crippen molar-refractivity contribution in [3.05, 3.63) is 59.3 Å². The van der Waals surface area contributed by atoms with E-state index in [1.165, 1.54) is 0 Å². The van der Waals surface area contributed by atoms with Gasteiger partial charge in [-0.2, -0.15) is 4.40 Å². The highest BCUT2D eigenvalue weighted by Crippen LogP contribution is 2.32. The summed E-state index contributed by atoms with van der Waals surface area (Å²) in [6.07, 6.45) is 0. The van der Waals surface area contributed by atoms with E-state index in [0.29, 0.717) is 39.3 Å². The number of nitrogens with two attached hydrogens (primary N) is 1. The van der Waals surface area contributed by atoms with Crippen LogP contribution in [0.1, 0.15) is 49.3 Å². The number of ether oxygens (including phenoxy) is 1. The monoisotopic (exact) mass is 467 g/mol. The molecule has 0 radical (unpaired) electrons. The van der Waals surface area contributed by atoms with Gasteiger partial charge in [-0.25, -0.2) is 0 Å². The van der Waals surface area contributed by atoms with Gasteiger partial charge in [-0.3, -0.25) is 9.78 Å². The Hall–Kier alpha value is -3.46. The zero-order valence-corrected chi connectivity index (χ0v) is 20.2. The van der Waals surface area contributed by atoms with Crippen LogP contribution >= 0.6 is 12.1 Å². The number of phenols is 1. The number of carbonyl (C=O) groups excluding carboxylic acids is 1. The Morgan fingerprint density at radius 2 is 2.00 bits per heavy atom. The van der Waals surface area contributed by atoms with Gasteiger partial charge >= 0.3 is 0 Å². The highest BCUT2D eigenvalue weighted by atomic mass is 32.2. The largest absolute Gasteiger partial charge is 0.508 e. The van der Waals surface area contributed by atoms with Crippen molar-refractivity contribution in [2.24, 2.45) is 10.1 Å². The molecule has 0 fully saturated rings. The smallest absolute Gasteiger partial charge is 0.252 e. The maximum absolute atomic E-state index is 13.1. The number of pyridine rings is 1. The molecule has 174 valence electrons. The van der Waals surface area contributed by atoms with Crippen molar-refractivity contribution >= 4 is 40.5 Å². The lowest BCUT2D eigenvalue weighted by molar-refractivity contribution is 0.0882. The molecule has 0 spiro atoms. The van der Waals surface area contributed by atoms with E-state index >= 15 is 0 Å². The minimum absolute atomic E-state index is 0.0784. The van der Waals surface area contributed by atoms with Crippen molar-refractivity contribution in [3.63, 3.8) is 0 Å². The number of hydrogen-bond acceptors (Lipinski definition) is 8. The first kappa shape index (κ1) is 24.2. The van der Waals surface area contributed by atoms with Gasteiger partial charge in [0.2, 0.25) is 0 Å². The van der Waals surface area contributed by atoms with E-state index in [1.54, 1.807) is 24.3 Å². The van der Waals surface area contributed by atoms with E-state index < -0.39 is 5.54 Å². The van der Waals surface area contributed by atoms with Gasteiger partial charge in [0.25, 0.3) is 5.91 Å². The second kappa shape index (κ2) is 9.99. The normalized spacial score (nSPS) is 12.6. The molecule has 2 aromatic carbocycles. The first-order valence-corrected chi connectivity index (χ1v) is 11.5. The van der Waals surface area contributed by atoms with Crippen molar-refractivity contribution in [3.8, 4) is 11.5 Å². The Morgan fingerprint density at radius 1 is 1.24 bits per heavy atom. The molecule has 1 amide bonds. The van der Waals surface area contributed by atoms with Gasteiger partial charge in [-0.15, -0.1) is 0 Å². The summed E-state index contributed by atoms with van der Waals surface area (Å²) in [7, 11) is 0. The lowest BCUT2D eigenvalue weighted by Crippen LogP contribution is -2.48. The highest BCUT2D eigenvalue weighted by molar-refractivity contribution is 7.99. The van der Waals surface area contributed by atoms with Crippen LogP contribution in [0.25, 0.3) is 10.9 Å². The molecule has 33 heavy (non-hydrogen) atoms. The number of fused-ring (bicyclic) bond motifs is 2. The number of nitrogens with zero attached hydrogens (tertiary/aromatic N) is 2. The zero-order chi connectivity index (χ0) is 24.2. The summed E-state index contributed by atoms with van der Waals surface area (Å²) in [6, 6.07) is 12.1. The highest BCUT2D eigenvalue weighted by Gasteiger charge is 2.25. The summed E-state index contributed by atoms with van der Waals surface area (Å²) in [5.74, 6) is 0.775. The Labute approximate surface area is 197 Å². The SMILES string of the molecule is CC.Cc1cc(C(=O)NC(C)(C)COc2cccc3c2C(N)=NSN3)c2cc(O)ccc2n1. The third kappa shape index (κ3) is 5.48. The first-order valence-electron chi connectivity index (χ1n) is 10.7. The number of nitrogens with one attached hydrogen (secondary N) is 2. The topological polar surface area (TPSA) is 122 Å². The summed E-state index contributed by atoms with van der Waals surface area (Å²) in [6.45, 7) is 9.79. The van der Waals surface area contributed by atoms with Crippen molar-refractivity contribution < 1.29 is 14.6 Å². The summed E-state index contributed by atoms with van der Waals surface area (Å²) >= 11 is 1.16. The molecule has 0 saturated carbocycles. The number of phenolic OH excluding ortho intramolecular Hbond substituents is 1. The number of anilines is 1. The number of rotatable bonds is 5. The van der Waals surface area contributed by atoms with Crippen LogP contribution in [0.15, 0.2) is 46.9 Å². The molecule has 3 aromatic rings. The van der Waals surface area contributed by atoms with E-state index in [2.05, 4.69) is 19.4 Å². The van der Waals surface area contributed by atoms with Gasteiger partial charge < -0.3 is 25.6 Å². The van der Waals surface area contributed by atoms with Crippen molar-refractivity contribution in [2.75, 3.05) is 11.3 Å². The number of aryl methyl sites for hydroxylation is 1. The predicted molar refractivity (Wildman–Crippen MR) is 135 cm³/mol. The minimum atomic E-state index is -0.692. The molecular weight excluding hydrogens is 438 g/mol. The van der Waals surface area contributed by atoms with Gasteiger partial charge in [0.1, 0.15) is 23.9 Å². The Bertz CT molecular complexity index is 1210. The molecule has 0 unspecified atom stereocenters. The van der Waals surface area contributed by atoms with Crippen molar-refractivity contribution in [1.82, 2.24) is 10.3 Å². The van der Waals surface area contributed by atoms with Crippen LogP contribution in [-0.2, 0) is 0 Å². The van der Waals surface area contributed by atoms with Crippen LogP contribution in [0.5, 0.6) is 11.5 Å². The number of benzene rings is 2. The van der Waals surface area contributed by atoms with Crippen LogP contribution in [0.2, 0.25) is 0 Å². The number of hydrogen-bond donors (Lipinski definition) is 4. The van der Waals surface area contributed by atoms with Crippen LogP contribution in [-0.4, -0.2) is 34.0 Å². The zero-order valence-electron chi connectivity index (χ0n) is 19.4. The average molecular weight is 468 g/mol. The third-order valence-corrected chi connectivity index (χ3v) is 5.39. The van der Waals surface area contributed by atoms with E-state index in [1.807, 2.05) is 52.8 Å². The van der Waals surface area contributed by atoms with Gasteiger partial charge in [-0.1, -0.05) is 19.9 Å². The number of amides is 1. The second-order valence-corrected chi connectivity index (χ2v) is 8.56. The number of carbonyl (C=O) groups is 1. The Kier molecular flexibility index (Phi) is 7.33. The van der Waals surface area contributed by atoms with E-state index in [-0.39, 0.29) is 18.3 Å². The van der Waals surface area contributed by atoms with Gasteiger partial charge in [-0.05, 0) is 57.2 Å². The molecule has 0 saturated heterocycles. The predicted octanol–water partition coefficient (Wildman–Crippen LogP) is 4.56. The molecule has 1 aliphatic heterocycles. The molecular formula is C24H29N5O3S. The molecule has 0 aliphatic carbocycles. The molecule has 1 aromatic heterocycles. The lowest BCUT2D eigenvalue weighted by atomic mass is 10.0. The molecule has 2 heterocycles. The van der Waals surface area contributed by atoms with Crippen LogP contribution in [0.4, 0.5) is 5.69 Å². The number of aromatic hydroxyl groups is 1. The van der Waals surface area contributed by atoms with E-state index in [4.69, 9.17) is 10.5 Å². The molecule has 4 rings (SSSR count). The van der Waals surface area contributed by atoms with E-state index in [0.717, 1.165) is 17.8 Å². The quantitative estimate of drug-likeness (QED) is 0.406. The summed E-state index contributed by atoms with van der Waals surface area (Å²) in [5.41, 5.74) is 8.68. The van der Waals surface area contributed by atoms with Crippen molar-refractivity contribution in [1.29, 1.82) is 0 Å². The second-order valence-electron chi connectivity index (χ2n) is 7.99. The third-order valence-electron chi connectivity index (χ3n) is 4.79. The Balaban J connectivity index is 0.00000149. The molecule has 0 atom stereocenters. The van der Waals surface area contributed by atoms with Crippen LogP contribution < -0.4 is 20.5 Å². The maximum Gasteiger partial charge on any atom is 0.252 e. The number of amidine groups is 1. The van der Waals surface area contributed by atoms with Crippen molar-refractivity contribution in [2.45, 2.75) is 40.2 Å². The lowest BCUT2D eigenvalue weighted by Gasteiger charge is -2.28. The molecule has 1 aliphatic rings. The molecule has 8 nitrogen and oxygen atoms in total. The fourth-order valence-corrected chi connectivity index (χ4v) is 3.87. The standard InChI is InChI=1S/C22H23N5O3S.C2H6/c1-12-9-15(14-10-13(28)7-8-16(14)24-12)21(29)25-22(2,3)11-30-18-6-4-5-17-19(18)20(23)27-31-26-17;1-2/h4-10,26,28H,11H2,1-3H3,(H2,23,27)(H,25,29);1-2H3. The molecule has 5 N–H and O–H groups in total. The molecule has 0 bridgehead atoms. The van der Waals surface area contributed by atoms with E-state index in [9.17, 15) is 9.90 Å². The summed E-state index contributed by atoms with van der Waals surface area (Å²) < 4.78 is 13.2. The summed E-state index contributed by atoms with van der Waals surface area (Å²) in [4.78, 5) is 17.5. The van der Waals surface area contributed by atoms with Gasteiger partial charge in [0, 0.05) is 11.1 Å². The Morgan fingerprint density at radius 3 is 2.76 bits per heavy atom. The summed E-state index contributed by atoms with van der Waals surface area (Å²) in [5, 5.41) is 13.5. The van der Waals surface area contributed by atoms with Crippen LogP contribution in [0, 0.1) is 6.92 Å². The fourth-order valence-electron chi connectivity index (χ4n) is 3.37. The maximum atomic E-state index is 13.1. The van der Waals surface area contributed by atoms with Gasteiger partial charge in [0.15, 0.2) is 0 Å². The van der Waals surface area contributed by atoms with Gasteiger partial charge in [0.05, 0.1) is 40.0 Å². The number of aromatic nitrogens is 1. The fraction of sp³-hybridized carbons (Fsp3) is 0.292. The molecule has 9 heteroatoms. The first-order chi connectivity index (χ1) is 15.7. The average Bonchev–Trinajstić information content (AvgIpc) is 2.78. The van der Waals surface area contributed by atoms with Crippen LogP contribution in [0.3, 0.4) is 0 Å². The minimum Gasteiger partial charge on any atom is -0.508 e.